The van der Waals surface area contributed by atoms with Crippen molar-refractivity contribution < 1.29 is 38.3 Å². The van der Waals surface area contributed by atoms with E-state index in [1.54, 1.807) is 32.0 Å². The highest BCUT2D eigenvalue weighted by atomic mass is 19.4. The van der Waals surface area contributed by atoms with Crippen LogP contribution in [0.25, 0.3) is 11.3 Å². The topological polar surface area (TPSA) is 116 Å². The highest BCUT2D eigenvalue weighted by Gasteiger charge is 2.45. The first-order valence-electron chi connectivity index (χ1n) is 9.37. The van der Waals surface area contributed by atoms with E-state index in [-0.39, 0.29) is 5.69 Å². The molecule has 1 aromatic heterocycles. The minimum absolute atomic E-state index is 0.276. The summed E-state index contributed by atoms with van der Waals surface area (Å²) in [7, 11) is 0. The van der Waals surface area contributed by atoms with Crippen molar-refractivity contribution in [3.05, 3.63) is 47.2 Å². The van der Waals surface area contributed by atoms with Crippen molar-refractivity contribution in [1.29, 1.82) is 0 Å². The van der Waals surface area contributed by atoms with Crippen LogP contribution in [0, 0.1) is 6.92 Å². The largest absolute Gasteiger partial charge is 0.435 e. The molecule has 1 aliphatic rings. The Kier molecular flexibility index (Phi) is 6.44. The van der Waals surface area contributed by atoms with Crippen LogP contribution in [0.2, 0.25) is 0 Å². The summed E-state index contributed by atoms with van der Waals surface area (Å²) >= 11 is 0. The highest BCUT2D eigenvalue weighted by Crippen LogP contribution is 2.34. The molecule has 1 aromatic carbocycles. The molecular formula is C20H23F3N2O5. The van der Waals surface area contributed by atoms with Gasteiger partial charge in [0.05, 0.1) is 18.4 Å². The van der Waals surface area contributed by atoms with Crippen molar-refractivity contribution in [3.8, 4) is 11.3 Å². The zero-order valence-electron chi connectivity index (χ0n) is 16.3. The lowest BCUT2D eigenvalue weighted by atomic mass is 9.83. The summed E-state index contributed by atoms with van der Waals surface area (Å²) in [6.07, 6.45) is -10.7. The Morgan fingerprint density at radius 2 is 1.73 bits per heavy atom. The van der Waals surface area contributed by atoms with Crippen LogP contribution in [0.1, 0.15) is 29.7 Å². The third-order valence-electron chi connectivity index (χ3n) is 5.43. The maximum atomic E-state index is 12.7. The highest BCUT2D eigenvalue weighted by molar-refractivity contribution is 5.60. The van der Waals surface area contributed by atoms with Crippen molar-refractivity contribution in [1.82, 2.24) is 10.2 Å². The van der Waals surface area contributed by atoms with Gasteiger partial charge in [-0.1, -0.05) is 19.1 Å². The number of aliphatic hydroxyl groups is 4. The minimum atomic E-state index is -4.56. The molecule has 0 bridgehead atoms. The molecule has 4 N–H and O–H groups in total. The number of hydrogen-bond acceptors (Lipinski definition) is 7. The van der Waals surface area contributed by atoms with Gasteiger partial charge >= 0.3 is 6.18 Å². The van der Waals surface area contributed by atoms with Crippen molar-refractivity contribution >= 4 is 0 Å². The molecule has 6 atom stereocenters. The average molecular weight is 428 g/mol. The molecule has 1 saturated heterocycles. The normalized spacial score (nSPS) is 28.4. The van der Waals surface area contributed by atoms with Crippen LogP contribution in [0.4, 0.5) is 13.2 Å². The van der Waals surface area contributed by atoms with Gasteiger partial charge in [-0.15, -0.1) is 10.2 Å². The number of aryl methyl sites for hydroxylation is 1. The number of aliphatic hydroxyl groups excluding tert-OH is 4. The number of rotatable bonds is 4. The zero-order chi connectivity index (χ0) is 22.2. The monoisotopic (exact) mass is 428 g/mol. The van der Waals surface area contributed by atoms with E-state index in [2.05, 4.69) is 10.2 Å². The standard InChI is InChI=1S/C20H23F3N2O5/c1-9-7-11(13-5-6-15(25-24-13)20(21,22)23)3-4-12(9)10(2)19-18(29)17(28)16(27)14(8-26)30-19/h3-7,10,14,16-19,26-29H,8H2,1-2H3/t10?,14-,16-,17+,18+,19-/m1/s1. The van der Waals surface area contributed by atoms with Crippen LogP contribution in [-0.2, 0) is 10.9 Å². The molecule has 2 heterocycles. The Morgan fingerprint density at radius 1 is 1.03 bits per heavy atom. The molecule has 2 aromatic rings. The van der Waals surface area contributed by atoms with Gasteiger partial charge in [0.1, 0.15) is 24.4 Å². The Labute approximate surface area is 170 Å². The van der Waals surface area contributed by atoms with Crippen LogP contribution in [-0.4, -0.2) is 67.8 Å². The fourth-order valence-corrected chi connectivity index (χ4v) is 3.70. The molecule has 0 saturated carbocycles. The van der Waals surface area contributed by atoms with E-state index >= 15 is 0 Å². The van der Waals surface area contributed by atoms with E-state index in [1.807, 2.05) is 0 Å². The molecular weight excluding hydrogens is 405 g/mol. The Bertz CT molecular complexity index is 876. The Hall–Kier alpha value is -2.11. The van der Waals surface area contributed by atoms with E-state index in [0.717, 1.165) is 17.2 Å². The molecule has 0 amide bonds. The summed E-state index contributed by atoms with van der Waals surface area (Å²) in [6.45, 7) is 3.04. The summed E-state index contributed by atoms with van der Waals surface area (Å²) in [6, 6.07) is 7.23. The van der Waals surface area contributed by atoms with E-state index in [9.17, 15) is 33.6 Å². The maximum absolute atomic E-state index is 12.7. The van der Waals surface area contributed by atoms with E-state index in [0.29, 0.717) is 5.56 Å². The molecule has 0 aliphatic carbocycles. The van der Waals surface area contributed by atoms with Gasteiger partial charge in [-0.3, -0.25) is 0 Å². The lowest BCUT2D eigenvalue weighted by molar-refractivity contribution is -0.233. The van der Waals surface area contributed by atoms with E-state index < -0.39 is 54.9 Å². The van der Waals surface area contributed by atoms with E-state index in [4.69, 9.17) is 4.74 Å². The summed E-state index contributed by atoms with van der Waals surface area (Å²) in [5.41, 5.74) is 1.30. The number of nitrogens with zero attached hydrogens (tertiary/aromatic N) is 2. The summed E-state index contributed by atoms with van der Waals surface area (Å²) in [5.74, 6) is -0.413. The molecule has 0 spiro atoms. The van der Waals surface area contributed by atoms with Crippen LogP contribution >= 0.6 is 0 Å². The van der Waals surface area contributed by atoms with Gasteiger partial charge in [0.25, 0.3) is 0 Å². The molecule has 7 nitrogen and oxygen atoms in total. The quantitative estimate of drug-likeness (QED) is 0.582. The lowest BCUT2D eigenvalue weighted by Crippen LogP contribution is -2.59. The zero-order valence-corrected chi connectivity index (χ0v) is 16.3. The second kappa shape index (κ2) is 8.56. The number of aromatic nitrogens is 2. The predicted octanol–water partition coefficient (Wildman–Crippen LogP) is 1.42. The number of hydrogen-bond donors (Lipinski definition) is 4. The van der Waals surface area contributed by atoms with Crippen LogP contribution in [0.3, 0.4) is 0 Å². The van der Waals surface area contributed by atoms with Gasteiger partial charge in [-0.25, -0.2) is 0 Å². The predicted molar refractivity (Wildman–Crippen MR) is 99.4 cm³/mol. The van der Waals surface area contributed by atoms with Gasteiger partial charge in [0.15, 0.2) is 5.69 Å². The Balaban J connectivity index is 1.84. The van der Waals surface area contributed by atoms with Gasteiger partial charge in [0.2, 0.25) is 0 Å². The van der Waals surface area contributed by atoms with Crippen molar-refractivity contribution in [3.63, 3.8) is 0 Å². The van der Waals surface area contributed by atoms with Gasteiger partial charge in [0, 0.05) is 11.5 Å². The third-order valence-corrected chi connectivity index (χ3v) is 5.43. The van der Waals surface area contributed by atoms with Crippen LogP contribution < -0.4 is 0 Å². The molecule has 0 radical (unpaired) electrons. The third kappa shape index (κ3) is 4.33. The minimum Gasteiger partial charge on any atom is -0.394 e. The SMILES string of the molecule is Cc1cc(-c2ccc(C(F)(F)F)nn2)ccc1C(C)[C@H]1O[C@H](CO)[C@@H](O)[C@H](O)[C@@H]1O. The molecule has 1 fully saturated rings. The second-order valence-electron chi connectivity index (χ2n) is 7.46. The molecule has 30 heavy (non-hydrogen) atoms. The molecule has 1 unspecified atom stereocenters. The molecule has 10 heteroatoms. The van der Waals surface area contributed by atoms with E-state index in [1.165, 1.54) is 6.07 Å². The van der Waals surface area contributed by atoms with Gasteiger partial charge < -0.3 is 25.2 Å². The fraction of sp³-hybridized carbons (Fsp3) is 0.500. The first kappa shape index (κ1) is 22.6. The summed E-state index contributed by atoms with van der Waals surface area (Å²) in [4.78, 5) is 0. The Morgan fingerprint density at radius 3 is 2.27 bits per heavy atom. The summed E-state index contributed by atoms with van der Waals surface area (Å²) < 4.78 is 43.6. The van der Waals surface area contributed by atoms with Crippen molar-refractivity contribution in [2.24, 2.45) is 0 Å². The number of halogens is 3. The molecule has 164 valence electrons. The second-order valence-corrected chi connectivity index (χ2v) is 7.46. The van der Waals surface area contributed by atoms with Gasteiger partial charge in [-0.2, -0.15) is 13.2 Å². The number of ether oxygens (including phenoxy) is 1. The lowest BCUT2D eigenvalue weighted by Gasteiger charge is -2.42. The average Bonchev–Trinajstić information content (AvgIpc) is 2.71. The van der Waals surface area contributed by atoms with Crippen molar-refractivity contribution in [2.75, 3.05) is 6.61 Å². The molecule has 1 aliphatic heterocycles. The summed E-state index contributed by atoms with van der Waals surface area (Å²) in [5, 5.41) is 46.5. The molecule has 3 rings (SSSR count). The number of benzene rings is 1. The van der Waals surface area contributed by atoms with Gasteiger partial charge in [-0.05, 0) is 36.2 Å². The maximum Gasteiger partial charge on any atom is 0.435 e. The smallest absolute Gasteiger partial charge is 0.394 e. The first-order chi connectivity index (χ1) is 14.0. The van der Waals surface area contributed by atoms with Crippen molar-refractivity contribution in [2.45, 2.75) is 56.5 Å². The fourth-order valence-electron chi connectivity index (χ4n) is 3.70. The van der Waals surface area contributed by atoms with Crippen LogP contribution in [0.15, 0.2) is 30.3 Å². The first-order valence-corrected chi connectivity index (χ1v) is 9.37. The number of alkyl halides is 3. The van der Waals surface area contributed by atoms with Crippen LogP contribution in [0.5, 0.6) is 0 Å².